The van der Waals surface area contributed by atoms with Gasteiger partial charge in [-0.2, -0.15) is 0 Å². The zero-order chi connectivity index (χ0) is 15.4. The van der Waals surface area contributed by atoms with Gasteiger partial charge in [-0.3, -0.25) is 0 Å². The first-order valence-corrected chi connectivity index (χ1v) is 7.27. The van der Waals surface area contributed by atoms with Gasteiger partial charge in [-0.1, -0.05) is 30.3 Å². The highest BCUT2D eigenvalue weighted by Gasteiger charge is 2.14. The largest absolute Gasteiger partial charge is 0.378 e. The smallest absolute Gasteiger partial charge is 0.127 e. The Kier molecular flexibility index (Phi) is 4.97. The Morgan fingerprint density at radius 3 is 2.10 bits per heavy atom. The lowest BCUT2D eigenvalue weighted by molar-refractivity contribution is 0.474. The highest BCUT2D eigenvalue weighted by Crippen LogP contribution is 2.22. The minimum absolute atomic E-state index is 0.0327. The SMILES string of the molecule is CC(N[C@H](C)c1ccccc1F)c1ccc(N(C)C)cc1. The molecule has 1 N–H and O–H groups in total. The van der Waals surface area contributed by atoms with Gasteiger partial charge in [0.15, 0.2) is 0 Å². The van der Waals surface area contributed by atoms with E-state index in [-0.39, 0.29) is 17.9 Å². The fraction of sp³-hybridized carbons (Fsp3) is 0.333. The van der Waals surface area contributed by atoms with Crippen LogP contribution in [0.2, 0.25) is 0 Å². The van der Waals surface area contributed by atoms with E-state index in [4.69, 9.17) is 0 Å². The first kappa shape index (κ1) is 15.5. The molecule has 2 nitrogen and oxygen atoms in total. The molecule has 0 heterocycles. The molecule has 0 amide bonds. The molecule has 0 aliphatic heterocycles. The summed E-state index contributed by atoms with van der Waals surface area (Å²) in [5, 5.41) is 3.45. The lowest BCUT2D eigenvalue weighted by Crippen LogP contribution is -2.23. The van der Waals surface area contributed by atoms with Gasteiger partial charge in [0.25, 0.3) is 0 Å². The maximum absolute atomic E-state index is 13.8. The molecule has 0 saturated carbocycles. The van der Waals surface area contributed by atoms with Crippen LogP contribution in [-0.4, -0.2) is 14.1 Å². The third-order valence-electron chi connectivity index (χ3n) is 3.78. The topological polar surface area (TPSA) is 15.3 Å². The van der Waals surface area contributed by atoms with Gasteiger partial charge in [-0.25, -0.2) is 4.39 Å². The molecule has 2 atom stereocenters. The number of nitrogens with zero attached hydrogens (tertiary/aromatic N) is 1. The van der Waals surface area contributed by atoms with E-state index in [1.54, 1.807) is 6.07 Å². The number of benzene rings is 2. The van der Waals surface area contributed by atoms with Crippen molar-refractivity contribution in [2.45, 2.75) is 25.9 Å². The third-order valence-corrected chi connectivity index (χ3v) is 3.78. The summed E-state index contributed by atoms with van der Waals surface area (Å²) < 4.78 is 13.8. The molecule has 2 aromatic rings. The van der Waals surface area contributed by atoms with Gasteiger partial charge in [0.05, 0.1) is 0 Å². The Morgan fingerprint density at radius 2 is 1.52 bits per heavy atom. The van der Waals surface area contributed by atoms with Crippen molar-refractivity contribution in [3.8, 4) is 0 Å². The number of halogens is 1. The maximum atomic E-state index is 13.8. The Morgan fingerprint density at radius 1 is 0.905 bits per heavy atom. The number of anilines is 1. The van der Waals surface area contributed by atoms with Crippen molar-refractivity contribution < 1.29 is 4.39 Å². The minimum Gasteiger partial charge on any atom is -0.378 e. The molecule has 0 aliphatic carbocycles. The summed E-state index contributed by atoms with van der Waals surface area (Å²) >= 11 is 0. The summed E-state index contributed by atoms with van der Waals surface area (Å²) in [7, 11) is 4.05. The summed E-state index contributed by atoms with van der Waals surface area (Å²) in [6.07, 6.45) is 0. The van der Waals surface area contributed by atoms with Crippen LogP contribution in [0.5, 0.6) is 0 Å². The lowest BCUT2D eigenvalue weighted by Gasteiger charge is -2.22. The Labute approximate surface area is 126 Å². The van der Waals surface area contributed by atoms with Crippen LogP contribution in [0.1, 0.15) is 37.1 Å². The second-order valence-electron chi connectivity index (χ2n) is 5.62. The number of hydrogen-bond acceptors (Lipinski definition) is 2. The molecule has 0 fully saturated rings. The average molecular weight is 286 g/mol. The van der Waals surface area contributed by atoms with Gasteiger partial charge in [-0.05, 0) is 37.6 Å². The van der Waals surface area contributed by atoms with Gasteiger partial charge < -0.3 is 10.2 Å². The van der Waals surface area contributed by atoms with Crippen LogP contribution in [0.4, 0.5) is 10.1 Å². The Hall–Kier alpha value is -1.87. The second-order valence-corrected chi connectivity index (χ2v) is 5.62. The van der Waals surface area contributed by atoms with Gasteiger partial charge in [0, 0.05) is 37.4 Å². The highest BCUT2D eigenvalue weighted by atomic mass is 19.1. The molecule has 21 heavy (non-hydrogen) atoms. The van der Waals surface area contributed by atoms with Crippen LogP contribution in [-0.2, 0) is 0 Å². The van der Waals surface area contributed by atoms with Crippen molar-refractivity contribution in [1.82, 2.24) is 5.32 Å². The fourth-order valence-electron chi connectivity index (χ4n) is 2.45. The molecule has 2 rings (SSSR count). The molecule has 0 saturated heterocycles. The van der Waals surface area contributed by atoms with Crippen LogP contribution < -0.4 is 10.2 Å². The summed E-state index contributed by atoms with van der Waals surface area (Å²) in [5.41, 5.74) is 3.08. The second kappa shape index (κ2) is 6.72. The first-order chi connectivity index (χ1) is 9.99. The zero-order valence-electron chi connectivity index (χ0n) is 13.1. The van der Waals surface area contributed by atoms with Crippen LogP contribution in [0.25, 0.3) is 0 Å². The first-order valence-electron chi connectivity index (χ1n) is 7.27. The standard InChI is InChI=1S/C18H23FN2/c1-13(15-9-11-16(12-10-15)21(3)4)20-14(2)17-7-5-6-8-18(17)19/h5-14,20H,1-4H3/t13?,14-/m1/s1. The fourth-order valence-corrected chi connectivity index (χ4v) is 2.45. The van der Waals surface area contributed by atoms with Gasteiger partial charge >= 0.3 is 0 Å². The van der Waals surface area contributed by atoms with E-state index in [1.165, 1.54) is 17.3 Å². The molecule has 1 unspecified atom stereocenters. The van der Waals surface area contributed by atoms with Crippen LogP contribution >= 0.6 is 0 Å². The normalized spacial score (nSPS) is 13.8. The van der Waals surface area contributed by atoms with Crippen LogP contribution in [0.15, 0.2) is 48.5 Å². The van der Waals surface area contributed by atoms with E-state index < -0.39 is 0 Å². The van der Waals surface area contributed by atoms with E-state index in [0.29, 0.717) is 5.56 Å². The van der Waals surface area contributed by atoms with E-state index >= 15 is 0 Å². The predicted molar refractivity (Wildman–Crippen MR) is 87.1 cm³/mol. The Bertz CT molecular complexity index is 578. The molecule has 0 radical (unpaired) electrons. The summed E-state index contributed by atoms with van der Waals surface area (Å²) in [6, 6.07) is 15.5. The minimum atomic E-state index is -0.160. The molecular formula is C18H23FN2. The number of hydrogen-bond donors (Lipinski definition) is 1. The van der Waals surface area contributed by atoms with Crippen molar-refractivity contribution in [2.75, 3.05) is 19.0 Å². The lowest BCUT2D eigenvalue weighted by atomic mass is 10.0. The third kappa shape index (κ3) is 3.82. The predicted octanol–water partition coefficient (Wildman–Crippen LogP) is 4.30. The molecule has 0 spiro atoms. The van der Waals surface area contributed by atoms with E-state index in [1.807, 2.05) is 33.2 Å². The maximum Gasteiger partial charge on any atom is 0.127 e. The molecule has 0 aliphatic rings. The molecule has 112 valence electrons. The number of nitrogens with one attached hydrogen (secondary N) is 1. The monoisotopic (exact) mass is 286 g/mol. The van der Waals surface area contributed by atoms with Crippen LogP contribution in [0.3, 0.4) is 0 Å². The highest BCUT2D eigenvalue weighted by molar-refractivity contribution is 5.46. The Balaban J connectivity index is 2.07. The number of rotatable bonds is 5. The summed E-state index contributed by atoms with van der Waals surface area (Å²) in [6.45, 7) is 4.09. The van der Waals surface area contributed by atoms with Crippen molar-refractivity contribution in [3.05, 3.63) is 65.5 Å². The quantitative estimate of drug-likeness (QED) is 0.881. The van der Waals surface area contributed by atoms with Gasteiger partial charge in [0.2, 0.25) is 0 Å². The van der Waals surface area contributed by atoms with E-state index in [9.17, 15) is 4.39 Å². The van der Waals surface area contributed by atoms with Crippen molar-refractivity contribution in [2.24, 2.45) is 0 Å². The molecule has 2 aromatic carbocycles. The molecular weight excluding hydrogens is 263 g/mol. The van der Waals surface area contributed by atoms with Crippen LogP contribution in [0, 0.1) is 5.82 Å². The van der Waals surface area contributed by atoms with Gasteiger partial charge in [-0.15, -0.1) is 0 Å². The molecule has 0 aromatic heterocycles. The van der Waals surface area contributed by atoms with E-state index in [0.717, 1.165) is 0 Å². The zero-order valence-corrected chi connectivity index (χ0v) is 13.1. The average Bonchev–Trinajstić information content (AvgIpc) is 2.47. The van der Waals surface area contributed by atoms with Crippen molar-refractivity contribution in [3.63, 3.8) is 0 Å². The summed E-state index contributed by atoms with van der Waals surface area (Å²) in [5.74, 6) is -0.160. The molecule has 3 heteroatoms. The van der Waals surface area contributed by atoms with Gasteiger partial charge in [0.1, 0.15) is 5.82 Å². The molecule has 0 bridgehead atoms. The van der Waals surface area contributed by atoms with Crippen molar-refractivity contribution in [1.29, 1.82) is 0 Å². The summed E-state index contributed by atoms with van der Waals surface area (Å²) in [4.78, 5) is 2.07. The van der Waals surface area contributed by atoms with Crippen molar-refractivity contribution >= 4 is 5.69 Å². The van der Waals surface area contributed by atoms with E-state index in [2.05, 4.69) is 41.4 Å².